The lowest BCUT2D eigenvalue weighted by molar-refractivity contribution is 0.0698. The number of hydrogen-bond acceptors (Lipinski definition) is 5. The molecule has 3 N–H and O–H groups in total. The molecule has 3 rings (SSSR count). The number of carboxylic acid groups (broad SMARTS) is 1. The number of para-hydroxylation sites is 3. The monoisotopic (exact) mass is 310 g/mol. The number of nitrogens with zero attached hydrogens (tertiary/aromatic N) is 1. The Morgan fingerprint density at radius 1 is 1.17 bits per heavy atom. The molecule has 1 heterocycles. The number of aromatic nitrogens is 1. The number of aromatic hydroxyl groups is 1. The molecule has 23 heavy (non-hydrogen) atoms. The summed E-state index contributed by atoms with van der Waals surface area (Å²) in [5.41, 5.74) is 0.920. The van der Waals surface area contributed by atoms with E-state index in [1.165, 1.54) is 19.2 Å². The zero-order chi connectivity index (χ0) is 16.4. The van der Waals surface area contributed by atoms with Gasteiger partial charge in [0.1, 0.15) is 28.4 Å². The highest BCUT2D eigenvalue weighted by atomic mass is 16.5. The largest absolute Gasteiger partial charge is 0.506 e. The zero-order valence-corrected chi connectivity index (χ0v) is 12.3. The van der Waals surface area contributed by atoms with Crippen LogP contribution < -0.4 is 10.1 Å². The number of nitrogens with one attached hydrogen (secondary N) is 1. The third-order valence-corrected chi connectivity index (χ3v) is 3.42. The normalized spacial score (nSPS) is 10.5. The zero-order valence-electron chi connectivity index (χ0n) is 12.3. The van der Waals surface area contributed by atoms with Gasteiger partial charge in [-0.15, -0.1) is 0 Å². The molecule has 0 aliphatic rings. The van der Waals surface area contributed by atoms with Crippen molar-refractivity contribution in [2.75, 3.05) is 12.4 Å². The number of carboxylic acids is 1. The van der Waals surface area contributed by atoms with Crippen molar-refractivity contribution in [3.63, 3.8) is 0 Å². The SMILES string of the molecule is COc1cccc2cc(C(=O)O)c(Nc3ccccc3O)nc12. The van der Waals surface area contributed by atoms with Crippen LogP contribution in [0.4, 0.5) is 11.5 Å². The van der Waals surface area contributed by atoms with Gasteiger partial charge in [-0.25, -0.2) is 9.78 Å². The van der Waals surface area contributed by atoms with Gasteiger partial charge in [0.25, 0.3) is 0 Å². The average Bonchev–Trinajstić information content (AvgIpc) is 2.55. The molecule has 0 radical (unpaired) electrons. The van der Waals surface area contributed by atoms with E-state index in [1.807, 2.05) is 0 Å². The van der Waals surface area contributed by atoms with Crippen LogP contribution in [0, 0.1) is 0 Å². The first kappa shape index (κ1) is 14.6. The molecule has 0 aliphatic carbocycles. The van der Waals surface area contributed by atoms with Crippen LogP contribution in [0.2, 0.25) is 0 Å². The highest BCUT2D eigenvalue weighted by Gasteiger charge is 2.16. The molecule has 0 saturated heterocycles. The quantitative estimate of drug-likeness (QED) is 0.640. The molecule has 0 bridgehead atoms. The fourth-order valence-electron chi connectivity index (χ4n) is 2.30. The summed E-state index contributed by atoms with van der Waals surface area (Å²) in [5.74, 6) is -0.429. The molecule has 1 aromatic heterocycles. The lowest BCUT2D eigenvalue weighted by Crippen LogP contribution is -2.06. The van der Waals surface area contributed by atoms with Crippen LogP contribution in [0.1, 0.15) is 10.4 Å². The van der Waals surface area contributed by atoms with Gasteiger partial charge in [0.05, 0.1) is 12.8 Å². The smallest absolute Gasteiger partial charge is 0.339 e. The lowest BCUT2D eigenvalue weighted by atomic mass is 10.1. The molecule has 0 atom stereocenters. The summed E-state index contributed by atoms with van der Waals surface area (Å²) < 4.78 is 5.27. The van der Waals surface area contributed by atoms with Crippen LogP contribution in [-0.2, 0) is 0 Å². The Labute approximate surface area is 132 Å². The van der Waals surface area contributed by atoms with Crippen LogP contribution in [-0.4, -0.2) is 28.3 Å². The number of ether oxygens (including phenoxy) is 1. The Morgan fingerprint density at radius 3 is 2.65 bits per heavy atom. The number of methoxy groups -OCH3 is 1. The molecular formula is C17H14N2O4. The molecule has 3 aromatic rings. The summed E-state index contributed by atoms with van der Waals surface area (Å²) in [6.45, 7) is 0. The van der Waals surface area contributed by atoms with Gasteiger partial charge in [-0.2, -0.15) is 0 Å². The van der Waals surface area contributed by atoms with Crippen molar-refractivity contribution in [3.8, 4) is 11.5 Å². The Hall–Kier alpha value is -3.28. The van der Waals surface area contributed by atoms with Crippen molar-refractivity contribution in [1.82, 2.24) is 4.98 Å². The summed E-state index contributed by atoms with van der Waals surface area (Å²) in [5, 5.41) is 22.8. The number of phenolic OH excluding ortho intramolecular Hbond substituents is 1. The maximum Gasteiger partial charge on any atom is 0.339 e. The molecule has 0 amide bonds. The number of fused-ring (bicyclic) bond motifs is 1. The van der Waals surface area contributed by atoms with E-state index in [1.54, 1.807) is 36.4 Å². The van der Waals surface area contributed by atoms with Crippen LogP contribution >= 0.6 is 0 Å². The number of aromatic carboxylic acids is 1. The summed E-state index contributed by atoms with van der Waals surface area (Å²) >= 11 is 0. The second kappa shape index (κ2) is 5.84. The van der Waals surface area contributed by atoms with Crippen molar-refractivity contribution in [2.45, 2.75) is 0 Å². The summed E-state index contributed by atoms with van der Waals surface area (Å²) in [4.78, 5) is 15.9. The number of rotatable bonds is 4. The Kier molecular flexibility index (Phi) is 3.72. The Bertz CT molecular complexity index is 893. The van der Waals surface area contributed by atoms with E-state index in [-0.39, 0.29) is 17.1 Å². The van der Waals surface area contributed by atoms with E-state index < -0.39 is 5.97 Å². The van der Waals surface area contributed by atoms with Gasteiger partial charge in [-0.1, -0.05) is 24.3 Å². The molecule has 6 heteroatoms. The van der Waals surface area contributed by atoms with E-state index in [4.69, 9.17) is 4.74 Å². The topological polar surface area (TPSA) is 91.7 Å². The standard InChI is InChI=1S/C17H14N2O4/c1-23-14-8-4-5-10-9-11(17(21)22)16(19-15(10)14)18-12-6-2-3-7-13(12)20/h2-9,20H,1H3,(H,18,19)(H,21,22). The maximum atomic E-state index is 11.5. The first-order valence-electron chi connectivity index (χ1n) is 6.86. The number of carbonyl (C=O) groups is 1. The Morgan fingerprint density at radius 2 is 1.96 bits per heavy atom. The summed E-state index contributed by atoms with van der Waals surface area (Å²) in [6, 6.07) is 13.3. The maximum absolute atomic E-state index is 11.5. The van der Waals surface area contributed by atoms with Crippen molar-refractivity contribution in [1.29, 1.82) is 0 Å². The lowest BCUT2D eigenvalue weighted by Gasteiger charge is -2.12. The van der Waals surface area contributed by atoms with Gasteiger partial charge in [0.15, 0.2) is 0 Å². The minimum Gasteiger partial charge on any atom is -0.506 e. The second-order valence-corrected chi connectivity index (χ2v) is 4.86. The van der Waals surface area contributed by atoms with Crippen LogP contribution in [0.15, 0.2) is 48.5 Å². The van der Waals surface area contributed by atoms with Gasteiger partial charge in [0, 0.05) is 5.39 Å². The summed E-state index contributed by atoms with van der Waals surface area (Å²) in [7, 11) is 1.53. The van der Waals surface area contributed by atoms with Crippen LogP contribution in [0.5, 0.6) is 11.5 Å². The minimum atomic E-state index is -1.11. The van der Waals surface area contributed by atoms with E-state index in [0.29, 0.717) is 22.3 Å². The number of anilines is 2. The third-order valence-electron chi connectivity index (χ3n) is 3.42. The first-order chi connectivity index (χ1) is 11.1. The van der Waals surface area contributed by atoms with Gasteiger partial charge in [-0.05, 0) is 24.3 Å². The Balaban J connectivity index is 2.19. The molecule has 6 nitrogen and oxygen atoms in total. The molecule has 0 fully saturated rings. The van der Waals surface area contributed by atoms with E-state index in [2.05, 4.69) is 10.3 Å². The van der Waals surface area contributed by atoms with Crippen LogP contribution in [0.3, 0.4) is 0 Å². The molecule has 116 valence electrons. The predicted molar refractivity (Wildman–Crippen MR) is 86.6 cm³/mol. The molecule has 0 spiro atoms. The average molecular weight is 310 g/mol. The van der Waals surface area contributed by atoms with Gasteiger partial charge >= 0.3 is 5.97 Å². The molecule has 0 unspecified atom stereocenters. The third kappa shape index (κ3) is 2.74. The van der Waals surface area contributed by atoms with Crippen molar-refractivity contribution in [2.24, 2.45) is 0 Å². The fraction of sp³-hybridized carbons (Fsp3) is 0.0588. The number of benzene rings is 2. The molecule has 0 aliphatic heterocycles. The summed E-state index contributed by atoms with van der Waals surface area (Å²) in [6.07, 6.45) is 0. The number of pyridine rings is 1. The van der Waals surface area contributed by atoms with E-state index in [0.717, 1.165) is 0 Å². The van der Waals surface area contributed by atoms with Gasteiger partial charge in [0.2, 0.25) is 0 Å². The molecular weight excluding hydrogens is 296 g/mol. The van der Waals surface area contributed by atoms with Crippen molar-refractivity contribution >= 4 is 28.4 Å². The van der Waals surface area contributed by atoms with Crippen molar-refractivity contribution in [3.05, 3.63) is 54.1 Å². The van der Waals surface area contributed by atoms with Crippen molar-refractivity contribution < 1.29 is 19.7 Å². The number of phenols is 1. The van der Waals surface area contributed by atoms with Crippen LogP contribution in [0.25, 0.3) is 10.9 Å². The highest BCUT2D eigenvalue weighted by molar-refractivity contribution is 6.00. The minimum absolute atomic E-state index is 0.00534. The first-order valence-corrected chi connectivity index (χ1v) is 6.86. The second-order valence-electron chi connectivity index (χ2n) is 4.86. The number of hydrogen-bond donors (Lipinski definition) is 3. The van der Waals surface area contributed by atoms with E-state index in [9.17, 15) is 15.0 Å². The molecule has 0 saturated carbocycles. The van der Waals surface area contributed by atoms with E-state index >= 15 is 0 Å². The van der Waals surface area contributed by atoms with Gasteiger partial charge < -0.3 is 20.3 Å². The predicted octanol–water partition coefficient (Wildman–Crippen LogP) is 3.39. The highest BCUT2D eigenvalue weighted by Crippen LogP contribution is 2.31. The molecule has 2 aromatic carbocycles. The van der Waals surface area contributed by atoms with Gasteiger partial charge in [-0.3, -0.25) is 0 Å². The fourth-order valence-corrected chi connectivity index (χ4v) is 2.30.